The molecule has 0 aliphatic heterocycles. The van der Waals surface area contributed by atoms with E-state index in [0.29, 0.717) is 6.54 Å². The first-order valence-corrected chi connectivity index (χ1v) is 4.37. The van der Waals surface area contributed by atoms with Gasteiger partial charge in [-0.1, -0.05) is 6.58 Å². The molecule has 0 radical (unpaired) electrons. The largest absolute Gasteiger partial charge is 0.468 e. The molecule has 0 spiro atoms. The summed E-state index contributed by atoms with van der Waals surface area (Å²) in [6, 6.07) is 3.67. The number of ether oxygens (including phenoxy) is 1. The standard InChI is InChI=1S/C5H7NO.C5H8O3/c6-4-5-2-1-3-7-5;1-2-5(7)8-4-3-6/h1-3H,4,6H2;2,6H,1,3-4H2. The quantitative estimate of drug-likeness (QED) is 0.560. The Morgan fingerprint density at radius 1 is 1.73 bits per heavy atom. The van der Waals surface area contributed by atoms with Crippen molar-refractivity contribution in [2.75, 3.05) is 13.2 Å². The van der Waals surface area contributed by atoms with Crippen LogP contribution in [0.2, 0.25) is 0 Å². The molecule has 5 heteroatoms. The number of esters is 1. The molecular weight excluding hydrogens is 198 g/mol. The second-order valence-corrected chi connectivity index (χ2v) is 2.38. The predicted molar refractivity (Wildman–Crippen MR) is 54.8 cm³/mol. The molecule has 0 aliphatic carbocycles. The molecule has 3 N–H and O–H groups in total. The van der Waals surface area contributed by atoms with Crippen molar-refractivity contribution >= 4 is 5.97 Å². The number of rotatable bonds is 4. The Labute approximate surface area is 88.1 Å². The summed E-state index contributed by atoms with van der Waals surface area (Å²) < 4.78 is 9.19. The van der Waals surface area contributed by atoms with Crippen molar-refractivity contribution in [2.45, 2.75) is 6.54 Å². The Morgan fingerprint density at radius 2 is 2.47 bits per heavy atom. The maximum atomic E-state index is 10.1. The van der Waals surface area contributed by atoms with E-state index in [-0.39, 0.29) is 13.2 Å². The molecule has 0 atom stereocenters. The van der Waals surface area contributed by atoms with Gasteiger partial charge in [0, 0.05) is 6.08 Å². The van der Waals surface area contributed by atoms with Gasteiger partial charge in [0.05, 0.1) is 19.4 Å². The highest BCUT2D eigenvalue weighted by Crippen LogP contribution is 1.95. The monoisotopic (exact) mass is 213 g/mol. The number of hydrogen-bond donors (Lipinski definition) is 2. The van der Waals surface area contributed by atoms with E-state index in [1.54, 1.807) is 6.26 Å². The first-order chi connectivity index (χ1) is 7.24. The van der Waals surface area contributed by atoms with E-state index in [2.05, 4.69) is 11.3 Å². The van der Waals surface area contributed by atoms with Crippen LogP contribution in [0.25, 0.3) is 0 Å². The van der Waals surface area contributed by atoms with Gasteiger partial charge >= 0.3 is 5.97 Å². The zero-order valence-electron chi connectivity index (χ0n) is 8.39. The van der Waals surface area contributed by atoms with Crippen LogP contribution in [0.5, 0.6) is 0 Å². The van der Waals surface area contributed by atoms with E-state index in [1.165, 1.54) is 0 Å². The van der Waals surface area contributed by atoms with E-state index in [1.807, 2.05) is 12.1 Å². The topological polar surface area (TPSA) is 85.7 Å². The Bertz CT molecular complexity index is 269. The van der Waals surface area contributed by atoms with Crippen LogP contribution >= 0.6 is 0 Å². The summed E-state index contributed by atoms with van der Waals surface area (Å²) in [5.74, 6) is 0.332. The van der Waals surface area contributed by atoms with Crippen LogP contribution in [-0.4, -0.2) is 24.3 Å². The molecule has 0 unspecified atom stereocenters. The maximum absolute atomic E-state index is 10.1. The molecule has 0 bridgehead atoms. The third-order valence-corrected chi connectivity index (χ3v) is 1.28. The Kier molecular flexibility index (Phi) is 8.03. The number of hydrogen-bond acceptors (Lipinski definition) is 5. The maximum Gasteiger partial charge on any atom is 0.330 e. The normalized spacial score (nSPS) is 8.67. The van der Waals surface area contributed by atoms with Crippen LogP contribution < -0.4 is 5.73 Å². The van der Waals surface area contributed by atoms with Crippen LogP contribution in [0, 0.1) is 0 Å². The van der Waals surface area contributed by atoms with Crippen LogP contribution in [-0.2, 0) is 16.1 Å². The van der Waals surface area contributed by atoms with Gasteiger partial charge in [-0.25, -0.2) is 4.79 Å². The van der Waals surface area contributed by atoms with E-state index in [0.717, 1.165) is 11.8 Å². The second kappa shape index (κ2) is 8.98. The van der Waals surface area contributed by atoms with E-state index in [4.69, 9.17) is 15.3 Å². The Balaban J connectivity index is 0.000000262. The number of furan rings is 1. The van der Waals surface area contributed by atoms with E-state index in [9.17, 15) is 4.79 Å². The summed E-state index contributed by atoms with van der Waals surface area (Å²) >= 11 is 0. The van der Waals surface area contributed by atoms with Gasteiger partial charge in [0.1, 0.15) is 12.4 Å². The average molecular weight is 213 g/mol. The van der Waals surface area contributed by atoms with Crippen molar-refractivity contribution in [1.29, 1.82) is 0 Å². The van der Waals surface area contributed by atoms with Gasteiger partial charge in [0.2, 0.25) is 0 Å². The Hall–Kier alpha value is -1.59. The lowest BCUT2D eigenvalue weighted by Gasteiger charge is -1.94. The van der Waals surface area contributed by atoms with Gasteiger partial charge in [-0.15, -0.1) is 0 Å². The molecule has 0 saturated carbocycles. The minimum Gasteiger partial charge on any atom is -0.468 e. The van der Waals surface area contributed by atoms with Crippen molar-refractivity contribution in [3.8, 4) is 0 Å². The summed E-state index contributed by atoms with van der Waals surface area (Å²) in [6.07, 6.45) is 2.66. The van der Waals surface area contributed by atoms with Gasteiger partial charge < -0.3 is 20.0 Å². The highest BCUT2D eigenvalue weighted by molar-refractivity contribution is 5.81. The van der Waals surface area contributed by atoms with Crippen LogP contribution in [0.1, 0.15) is 5.76 Å². The molecular formula is C10H15NO4. The number of nitrogens with two attached hydrogens (primary N) is 1. The van der Waals surface area contributed by atoms with Crippen molar-refractivity contribution in [2.24, 2.45) is 5.73 Å². The molecule has 0 saturated heterocycles. The smallest absolute Gasteiger partial charge is 0.330 e. The van der Waals surface area contributed by atoms with Crippen LogP contribution in [0.4, 0.5) is 0 Å². The molecule has 0 fully saturated rings. The van der Waals surface area contributed by atoms with Gasteiger partial charge in [-0.05, 0) is 12.1 Å². The molecule has 1 aromatic rings. The molecule has 1 rings (SSSR count). The van der Waals surface area contributed by atoms with Crippen molar-refractivity contribution < 1.29 is 19.1 Å². The van der Waals surface area contributed by atoms with Gasteiger partial charge in [0.15, 0.2) is 0 Å². The van der Waals surface area contributed by atoms with Gasteiger partial charge in [0.25, 0.3) is 0 Å². The minimum atomic E-state index is -0.501. The number of carbonyl (C=O) groups is 1. The zero-order chi connectivity index (χ0) is 11.5. The summed E-state index contributed by atoms with van der Waals surface area (Å²) in [4.78, 5) is 10.1. The van der Waals surface area contributed by atoms with Gasteiger partial charge in [-0.2, -0.15) is 0 Å². The minimum absolute atomic E-state index is 0.0465. The van der Waals surface area contributed by atoms with Gasteiger partial charge in [-0.3, -0.25) is 0 Å². The van der Waals surface area contributed by atoms with Crippen LogP contribution in [0.15, 0.2) is 35.5 Å². The molecule has 1 heterocycles. The van der Waals surface area contributed by atoms with Crippen molar-refractivity contribution in [3.05, 3.63) is 36.8 Å². The molecule has 84 valence electrons. The Morgan fingerprint density at radius 3 is 2.80 bits per heavy atom. The molecule has 15 heavy (non-hydrogen) atoms. The fourth-order valence-electron chi connectivity index (χ4n) is 0.634. The molecule has 0 amide bonds. The first-order valence-electron chi connectivity index (χ1n) is 4.37. The highest BCUT2D eigenvalue weighted by Gasteiger charge is 1.90. The fourth-order valence-corrected chi connectivity index (χ4v) is 0.634. The number of aliphatic hydroxyl groups is 1. The number of carbonyl (C=O) groups excluding carboxylic acids is 1. The second-order valence-electron chi connectivity index (χ2n) is 2.38. The third kappa shape index (κ3) is 7.48. The highest BCUT2D eigenvalue weighted by atomic mass is 16.5. The lowest BCUT2D eigenvalue weighted by atomic mass is 10.5. The third-order valence-electron chi connectivity index (χ3n) is 1.28. The SMILES string of the molecule is C=CC(=O)OCCO.NCc1ccco1. The molecule has 5 nitrogen and oxygen atoms in total. The van der Waals surface area contributed by atoms with Crippen molar-refractivity contribution in [3.63, 3.8) is 0 Å². The summed E-state index contributed by atoms with van der Waals surface area (Å²) in [5, 5.41) is 8.10. The molecule has 0 aromatic carbocycles. The lowest BCUT2D eigenvalue weighted by Crippen LogP contribution is -2.04. The fraction of sp³-hybridized carbons (Fsp3) is 0.300. The molecule has 1 aromatic heterocycles. The summed E-state index contributed by atoms with van der Waals surface area (Å²) in [6.45, 7) is 3.56. The summed E-state index contributed by atoms with van der Waals surface area (Å²) in [7, 11) is 0. The van der Waals surface area contributed by atoms with Crippen LogP contribution in [0.3, 0.4) is 0 Å². The van der Waals surface area contributed by atoms with Crippen molar-refractivity contribution in [1.82, 2.24) is 0 Å². The zero-order valence-corrected chi connectivity index (χ0v) is 8.39. The lowest BCUT2D eigenvalue weighted by molar-refractivity contribution is -0.138. The first kappa shape index (κ1) is 13.4. The van der Waals surface area contributed by atoms with E-state index < -0.39 is 5.97 Å². The number of aliphatic hydroxyl groups excluding tert-OH is 1. The average Bonchev–Trinajstić information content (AvgIpc) is 2.79. The predicted octanol–water partition coefficient (Wildman–Crippen LogP) is 0.446. The van der Waals surface area contributed by atoms with E-state index >= 15 is 0 Å². The molecule has 0 aliphatic rings. The summed E-state index contributed by atoms with van der Waals surface area (Å²) in [5.41, 5.74) is 5.20.